The van der Waals surface area contributed by atoms with E-state index in [1.54, 1.807) is 6.07 Å². The van der Waals surface area contributed by atoms with Gasteiger partial charge in [0, 0.05) is 6.20 Å². The Kier molecular flexibility index (Phi) is 5.37. The number of aliphatic hydroxyl groups excluding tert-OH is 1. The topological polar surface area (TPSA) is 71.5 Å². The maximum absolute atomic E-state index is 11.9. The van der Waals surface area contributed by atoms with Crippen LogP contribution in [0.5, 0.6) is 5.75 Å². The summed E-state index contributed by atoms with van der Waals surface area (Å²) in [4.78, 5) is 15.9. The molecule has 1 unspecified atom stereocenters. The molecule has 0 saturated heterocycles. The number of rotatable bonds is 5. The number of carbonyl (C=O) groups is 1. The third-order valence-corrected chi connectivity index (χ3v) is 3.10. The number of amides is 1. The number of carbonyl (C=O) groups excluding carboxylic acids is 1. The molecule has 94 valence electrons. The Hall–Kier alpha value is -1.14. The van der Waals surface area contributed by atoms with Crippen molar-refractivity contribution in [1.82, 2.24) is 10.3 Å². The van der Waals surface area contributed by atoms with E-state index in [9.17, 15) is 4.79 Å². The standard InChI is InChI=1S/C11H15BrN2O3/c1-3-7(6-15)14-11(16)10-9(12)8(17-2)4-5-13-10/h4-5,7,15H,3,6H2,1-2H3,(H,14,16). The molecule has 1 aromatic heterocycles. The normalized spacial score (nSPS) is 12.0. The fourth-order valence-corrected chi connectivity index (χ4v) is 1.85. The summed E-state index contributed by atoms with van der Waals surface area (Å²) < 4.78 is 5.58. The number of pyridine rings is 1. The maximum atomic E-state index is 11.9. The van der Waals surface area contributed by atoms with Crippen molar-refractivity contribution in [2.45, 2.75) is 19.4 Å². The van der Waals surface area contributed by atoms with Gasteiger partial charge in [0.15, 0.2) is 0 Å². The molecule has 0 spiro atoms. The summed E-state index contributed by atoms with van der Waals surface area (Å²) >= 11 is 3.26. The van der Waals surface area contributed by atoms with Crippen LogP contribution in [0.3, 0.4) is 0 Å². The smallest absolute Gasteiger partial charge is 0.271 e. The molecule has 0 radical (unpaired) electrons. The summed E-state index contributed by atoms with van der Waals surface area (Å²) in [7, 11) is 1.52. The van der Waals surface area contributed by atoms with Crippen LogP contribution >= 0.6 is 15.9 Å². The van der Waals surface area contributed by atoms with Crippen molar-refractivity contribution in [3.05, 3.63) is 22.4 Å². The zero-order valence-corrected chi connectivity index (χ0v) is 11.3. The third-order valence-electron chi connectivity index (χ3n) is 2.34. The van der Waals surface area contributed by atoms with Gasteiger partial charge in [0.25, 0.3) is 5.91 Å². The molecule has 1 amide bonds. The Labute approximate surface area is 108 Å². The average Bonchev–Trinajstić information content (AvgIpc) is 2.35. The van der Waals surface area contributed by atoms with Crippen molar-refractivity contribution in [2.75, 3.05) is 13.7 Å². The first kappa shape index (κ1) is 13.9. The van der Waals surface area contributed by atoms with Crippen LogP contribution in [0.4, 0.5) is 0 Å². The lowest BCUT2D eigenvalue weighted by molar-refractivity contribution is 0.0908. The van der Waals surface area contributed by atoms with E-state index in [0.29, 0.717) is 16.6 Å². The Morgan fingerprint density at radius 2 is 2.41 bits per heavy atom. The van der Waals surface area contributed by atoms with Crippen molar-refractivity contribution >= 4 is 21.8 Å². The fraction of sp³-hybridized carbons (Fsp3) is 0.455. The highest BCUT2D eigenvalue weighted by Crippen LogP contribution is 2.26. The van der Waals surface area contributed by atoms with E-state index in [4.69, 9.17) is 9.84 Å². The zero-order valence-electron chi connectivity index (χ0n) is 9.74. The molecule has 0 bridgehead atoms. The summed E-state index contributed by atoms with van der Waals surface area (Å²) in [5.41, 5.74) is 0.247. The molecule has 0 aliphatic carbocycles. The number of halogens is 1. The lowest BCUT2D eigenvalue weighted by Gasteiger charge is -2.14. The van der Waals surface area contributed by atoms with Gasteiger partial charge in [-0.15, -0.1) is 0 Å². The van der Waals surface area contributed by atoms with Crippen molar-refractivity contribution < 1.29 is 14.6 Å². The van der Waals surface area contributed by atoms with E-state index in [0.717, 1.165) is 0 Å². The van der Waals surface area contributed by atoms with E-state index in [-0.39, 0.29) is 24.2 Å². The molecule has 6 heteroatoms. The quantitative estimate of drug-likeness (QED) is 0.861. The minimum Gasteiger partial charge on any atom is -0.495 e. The van der Waals surface area contributed by atoms with Gasteiger partial charge in [0.05, 0.1) is 24.2 Å². The molecule has 0 fully saturated rings. The molecule has 17 heavy (non-hydrogen) atoms. The van der Waals surface area contributed by atoms with E-state index < -0.39 is 0 Å². The average molecular weight is 303 g/mol. The molecule has 0 saturated carbocycles. The van der Waals surface area contributed by atoms with Crippen molar-refractivity contribution in [3.8, 4) is 5.75 Å². The number of methoxy groups -OCH3 is 1. The number of nitrogens with zero attached hydrogens (tertiary/aromatic N) is 1. The fourth-order valence-electron chi connectivity index (χ4n) is 1.27. The summed E-state index contributed by atoms with van der Waals surface area (Å²) in [5.74, 6) is 0.207. The molecular weight excluding hydrogens is 288 g/mol. The summed E-state index contributed by atoms with van der Waals surface area (Å²) in [6.45, 7) is 1.79. The maximum Gasteiger partial charge on any atom is 0.271 e. The number of ether oxygens (including phenoxy) is 1. The highest BCUT2D eigenvalue weighted by molar-refractivity contribution is 9.10. The third kappa shape index (κ3) is 3.41. The highest BCUT2D eigenvalue weighted by atomic mass is 79.9. The number of hydrogen-bond acceptors (Lipinski definition) is 4. The molecule has 0 aromatic carbocycles. The Morgan fingerprint density at radius 1 is 1.71 bits per heavy atom. The molecule has 2 N–H and O–H groups in total. The minimum atomic E-state index is -0.336. The Morgan fingerprint density at radius 3 is 2.94 bits per heavy atom. The van der Waals surface area contributed by atoms with Gasteiger partial charge < -0.3 is 15.2 Å². The predicted octanol–water partition coefficient (Wildman–Crippen LogP) is 1.35. The van der Waals surface area contributed by atoms with Gasteiger partial charge in [-0.25, -0.2) is 4.98 Å². The molecule has 1 atom stereocenters. The van der Waals surface area contributed by atoms with Crippen molar-refractivity contribution in [3.63, 3.8) is 0 Å². The molecule has 1 heterocycles. The van der Waals surface area contributed by atoms with Gasteiger partial charge in [-0.05, 0) is 28.4 Å². The lowest BCUT2D eigenvalue weighted by atomic mass is 10.2. The van der Waals surface area contributed by atoms with Gasteiger partial charge in [-0.1, -0.05) is 6.92 Å². The lowest BCUT2D eigenvalue weighted by Crippen LogP contribution is -2.37. The van der Waals surface area contributed by atoms with Crippen LogP contribution < -0.4 is 10.1 Å². The van der Waals surface area contributed by atoms with Gasteiger partial charge in [0.1, 0.15) is 11.4 Å². The SMILES string of the molecule is CCC(CO)NC(=O)c1nccc(OC)c1Br. The summed E-state index contributed by atoms with van der Waals surface area (Å²) in [6, 6.07) is 1.40. The number of aromatic nitrogens is 1. The molecule has 0 aliphatic rings. The first-order chi connectivity index (χ1) is 8.13. The number of aliphatic hydroxyl groups is 1. The Balaban J connectivity index is 2.89. The van der Waals surface area contributed by atoms with Gasteiger partial charge in [-0.2, -0.15) is 0 Å². The van der Waals surface area contributed by atoms with E-state index in [1.807, 2.05) is 6.92 Å². The van der Waals surface area contributed by atoms with Gasteiger partial charge in [-0.3, -0.25) is 4.79 Å². The first-order valence-electron chi connectivity index (χ1n) is 5.24. The van der Waals surface area contributed by atoms with Crippen molar-refractivity contribution in [2.24, 2.45) is 0 Å². The van der Waals surface area contributed by atoms with Gasteiger partial charge in [0.2, 0.25) is 0 Å². The van der Waals surface area contributed by atoms with E-state index in [2.05, 4.69) is 26.2 Å². The second kappa shape index (κ2) is 6.56. The second-order valence-corrected chi connectivity index (χ2v) is 4.23. The van der Waals surface area contributed by atoms with Crippen LogP contribution in [0.25, 0.3) is 0 Å². The molecule has 0 aliphatic heterocycles. The van der Waals surface area contributed by atoms with Crippen LogP contribution in [0.15, 0.2) is 16.7 Å². The molecule has 5 nitrogen and oxygen atoms in total. The van der Waals surface area contributed by atoms with E-state index in [1.165, 1.54) is 13.3 Å². The zero-order chi connectivity index (χ0) is 12.8. The highest BCUT2D eigenvalue weighted by Gasteiger charge is 2.17. The number of nitrogens with one attached hydrogen (secondary N) is 1. The minimum absolute atomic E-state index is 0.0934. The Bertz CT molecular complexity index is 394. The monoisotopic (exact) mass is 302 g/mol. The summed E-state index contributed by atoms with van der Waals surface area (Å²) in [6.07, 6.45) is 2.15. The van der Waals surface area contributed by atoms with Gasteiger partial charge >= 0.3 is 0 Å². The van der Waals surface area contributed by atoms with Crippen LogP contribution in [0, 0.1) is 0 Å². The number of hydrogen-bond donors (Lipinski definition) is 2. The molecule has 1 aromatic rings. The van der Waals surface area contributed by atoms with Crippen LogP contribution in [0.1, 0.15) is 23.8 Å². The largest absolute Gasteiger partial charge is 0.495 e. The first-order valence-corrected chi connectivity index (χ1v) is 6.03. The van der Waals surface area contributed by atoms with E-state index >= 15 is 0 Å². The predicted molar refractivity (Wildman–Crippen MR) is 67.1 cm³/mol. The van der Waals surface area contributed by atoms with Crippen LogP contribution in [-0.4, -0.2) is 35.8 Å². The van der Waals surface area contributed by atoms with Crippen LogP contribution in [0.2, 0.25) is 0 Å². The van der Waals surface area contributed by atoms with Crippen LogP contribution in [-0.2, 0) is 0 Å². The second-order valence-electron chi connectivity index (χ2n) is 3.44. The molecule has 1 rings (SSSR count). The molecular formula is C11H15BrN2O3. The summed E-state index contributed by atoms with van der Waals surface area (Å²) in [5, 5.41) is 11.7. The van der Waals surface area contributed by atoms with Crippen molar-refractivity contribution in [1.29, 1.82) is 0 Å².